The number of rotatable bonds is 3. The number of halogens is 1. The molecule has 0 bridgehead atoms. The molecule has 5 nitrogen and oxygen atoms in total. The molecule has 2 aromatic rings. The molecule has 2 amide bonds. The van der Waals surface area contributed by atoms with Crippen LogP contribution in [0, 0.1) is 0 Å². The summed E-state index contributed by atoms with van der Waals surface area (Å²) in [6.45, 7) is 0.247. The highest BCUT2D eigenvalue weighted by atomic mass is 35.5. The Hall–Kier alpha value is -2.53. The Balaban J connectivity index is 1.73. The van der Waals surface area contributed by atoms with Gasteiger partial charge in [0.1, 0.15) is 0 Å². The van der Waals surface area contributed by atoms with Crippen LogP contribution in [0.15, 0.2) is 48.5 Å². The fraction of sp³-hybridized carbons (Fsp3) is 0.125. The summed E-state index contributed by atoms with van der Waals surface area (Å²) in [5.74, 6) is -0.332. The number of carbonyl (C=O) groups is 2. The fourth-order valence-electron chi connectivity index (χ4n) is 2.38. The lowest BCUT2D eigenvalue weighted by Crippen LogP contribution is -2.42. The van der Waals surface area contributed by atoms with Gasteiger partial charge in [-0.3, -0.25) is 9.59 Å². The number of anilines is 3. The lowest BCUT2D eigenvalue weighted by Gasteiger charge is -2.30. The van der Waals surface area contributed by atoms with Gasteiger partial charge in [-0.05, 0) is 30.3 Å². The van der Waals surface area contributed by atoms with Crippen LogP contribution in [0.5, 0.6) is 0 Å². The standard InChI is InChI=1S/C16H14ClN3O2/c17-11-4-3-5-12(8-11)18-15(21)9-20-10-16(22)19-13-6-1-2-7-14(13)20/h1-8H,9-10H2,(H,18,21)(H,19,22). The number of nitrogens with one attached hydrogen (secondary N) is 2. The monoisotopic (exact) mass is 315 g/mol. The minimum atomic E-state index is -0.202. The Morgan fingerprint density at radius 1 is 1.23 bits per heavy atom. The number of hydrogen-bond donors (Lipinski definition) is 2. The average molecular weight is 316 g/mol. The zero-order valence-corrected chi connectivity index (χ0v) is 12.4. The molecule has 0 unspecified atom stereocenters. The van der Waals surface area contributed by atoms with Gasteiger partial charge in [0.15, 0.2) is 0 Å². The first-order valence-electron chi connectivity index (χ1n) is 6.81. The van der Waals surface area contributed by atoms with Crippen LogP contribution >= 0.6 is 11.6 Å². The predicted octanol–water partition coefficient (Wildman–Crippen LogP) is 2.74. The molecule has 6 heteroatoms. The van der Waals surface area contributed by atoms with Gasteiger partial charge >= 0.3 is 0 Å². The number of hydrogen-bond acceptors (Lipinski definition) is 3. The molecule has 1 aliphatic heterocycles. The van der Waals surface area contributed by atoms with Gasteiger partial charge in [-0.25, -0.2) is 0 Å². The van der Waals surface area contributed by atoms with Gasteiger partial charge in [0.2, 0.25) is 11.8 Å². The summed E-state index contributed by atoms with van der Waals surface area (Å²) >= 11 is 5.89. The summed E-state index contributed by atoms with van der Waals surface area (Å²) in [5.41, 5.74) is 2.19. The Morgan fingerprint density at radius 2 is 2.05 bits per heavy atom. The maximum absolute atomic E-state index is 12.2. The van der Waals surface area contributed by atoms with Gasteiger partial charge in [0, 0.05) is 10.7 Å². The number of carbonyl (C=O) groups excluding carboxylic acids is 2. The summed E-state index contributed by atoms with van der Waals surface area (Å²) in [4.78, 5) is 25.6. The van der Waals surface area contributed by atoms with Crippen molar-refractivity contribution in [1.29, 1.82) is 0 Å². The van der Waals surface area contributed by atoms with E-state index in [9.17, 15) is 9.59 Å². The minimum Gasteiger partial charge on any atom is -0.351 e. The summed E-state index contributed by atoms with van der Waals surface area (Å²) in [6, 6.07) is 14.4. The van der Waals surface area contributed by atoms with Crippen LogP contribution in [0.25, 0.3) is 0 Å². The normalized spacial score (nSPS) is 13.3. The van der Waals surface area contributed by atoms with Gasteiger partial charge in [-0.1, -0.05) is 29.8 Å². The second-order valence-corrected chi connectivity index (χ2v) is 5.42. The molecule has 0 atom stereocenters. The number of fused-ring (bicyclic) bond motifs is 1. The van der Waals surface area contributed by atoms with E-state index in [1.54, 1.807) is 29.2 Å². The molecular weight excluding hydrogens is 302 g/mol. The van der Waals surface area contributed by atoms with Crippen molar-refractivity contribution in [2.24, 2.45) is 0 Å². The van der Waals surface area contributed by atoms with E-state index in [0.717, 1.165) is 5.69 Å². The summed E-state index contributed by atoms with van der Waals surface area (Å²) in [6.07, 6.45) is 0. The zero-order chi connectivity index (χ0) is 15.5. The van der Waals surface area contributed by atoms with Crippen molar-refractivity contribution in [2.75, 3.05) is 28.6 Å². The van der Waals surface area contributed by atoms with Crippen LogP contribution in [0.4, 0.5) is 17.1 Å². The van der Waals surface area contributed by atoms with E-state index in [2.05, 4.69) is 10.6 Å². The number of benzene rings is 2. The first-order chi connectivity index (χ1) is 10.6. The molecule has 0 aromatic heterocycles. The second-order valence-electron chi connectivity index (χ2n) is 4.98. The number of nitrogens with zero attached hydrogens (tertiary/aromatic N) is 1. The number of amides is 2. The van der Waals surface area contributed by atoms with E-state index >= 15 is 0 Å². The third kappa shape index (κ3) is 3.20. The average Bonchev–Trinajstić information content (AvgIpc) is 2.47. The van der Waals surface area contributed by atoms with Gasteiger partial charge in [0.05, 0.1) is 24.5 Å². The van der Waals surface area contributed by atoms with Crippen LogP contribution in [-0.2, 0) is 9.59 Å². The molecule has 3 rings (SSSR count). The third-order valence-corrected chi connectivity index (χ3v) is 3.53. The smallest absolute Gasteiger partial charge is 0.243 e. The molecule has 0 saturated carbocycles. The third-order valence-electron chi connectivity index (χ3n) is 3.30. The molecule has 0 spiro atoms. The zero-order valence-electron chi connectivity index (χ0n) is 11.7. The molecule has 0 radical (unpaired) electrons. The first kappa shape index (κ1) is 14.4. The largest absolute Gasteiger partial charge is 0.351 e. The minimum absolute atomic E-state index is 0.0942. The van der Waals surface area contributed by atoms with Crippen LogP contribution in [0.3, 0.4) is 0 Å². The lowest BCUT2D eigenvalue weighted by molar-refractivity contribution is -0.115. The summed E-state index contributed by atoms with van der Waals surface area (Å²) in [5, 5.41) is 6.13. The van der Waals surface area contributed by atoms with E-state index in [4.69, 9.17) is 11.6 Å². The van der Waals surface area contributed by atoms with Gasteiger partial charge in [-0.2, -0.15) is 0 Å². The molecule has 2 N–H and O–H groups in total. The van der Waals surface area contributed by atoms with Crippen LogP contribution < -0.4 is 15.5 Å². The molecule has 1 heterocycles. The van der Waals surface area contributed by atoms with Crippen molar-refractivity contribution in [1.82, 2.24) is 0 Å². The van der Waals surface area contributed by atoms with Gasteiger partial charge < -0.3 is 15.5 Å². The van der Waals surface area contributed by atoms with Gasteiger partial charge in [-0.15, -0.1) is 0 Å². The molecule has 2 aromatic carbocycles. The lowest BCUT2D eigenvalue weighted by atomic mass is 10.2. The predicted molar refractivity (Wildman–Crippen MR) is 87.4 cm³/mol. The highest BCUT2D eigenvalue weighted by Gasteiger charge is 2.23. The van der Waals surface area contributed by atoms with Crippen LogP contribution in [-0.4, -0.2) is 24.9 Å². The molecule has 22 heavy (non-hydrogen) atoms. The summed E-state index contributed by atoms with van der Waals surface area (Å²) < 4.78 is 0. The van der Waals surface area contributed by atoms with E-state index in [1.165, 1.54) is 0 Å². The van der Waals surface area contributed by atoms with Crippen LogP contribution in [0.2, 0.25) is 5.02 Å². The number of para-hydroxylation sites is 2. The van der Waals surface area contributed by atoms with Crippen molar-refractivity contribution in [2.45, 2.75) is 0 Å². The van der Waals surface area contributed by atoms with E-state index < -0.39 is 0 Å². The van der Waals surface area contributed by atoms with Crippen molar-refractivity contribution in [3.05, 3.63) is 53.6 Å². The van der Waals surface area contributed by atoms with E-state index in [-0.39, 0.29) is 24.9 Å². The molecular formula is C16H14ClN3O2. The van der Waals surface area contributed by atoms with Crippen molar-refractivity contribution in [3.8, 4) is 0 Å². The topological polar surface area (TPSA) is 61.4 Å². The first-order valence-corrected chi connectivity index (χ1v) is 7.19. The quantitative estimate of drug-likeness (QED) is 0.915. The molecule has 112 valence electrons. The SMILES string of the molecule is O=C(CN1CC(=O)Nc2ccccc21)Nc1cccc(Cl)c1. The van der Waals surface area contributed by atoms with Gasteiger partial charge in [0.25, 0.3) is 0 Å². The molecule has 1 aliphatic rings. The Kier molecular flexibility index (Phi) is 3.98. The highest BCUT2D eigenvalue weighted by molar-refractivity contribution is 6.30. The Labute approximate surface area is 132 Å². The maximum atomic E-state index is 12.2. The van der Waals surface area contributed by atoms with Crippen LogP contribution in [0.1, 0.15) is 0 Å². The Bertz CT molecular complexity index is 733. The van der Waals surface area contributed by atoms with E-state index in [1.807, 2.05) is 24.3 Å². The maximum Gasteiger partial charge on any atom is 0.243 e. The molecule has 0 saturated heterocycles. The molecule has 0 aliphatic carbocycles. The van der Waals surface area contributed by atoms with E-state index in [0.29, 0.717) is 16.4 Å². The van der Waals surface area contributed by atoms with Crippen molar-refractivity contribution in [3.63, 3.8) is 0 Å². The highest BCUT2D eigenvalue weighted by Crippen LogP contribution is 2.28. The van der Waals surface area contributed by atoms with Crippen molar-refractivity contribution < 1.29 is 9.59 Å². The Morgan fingerprint density at radius 3 is 2.86 bits per heavy atom. The summed E-state index contributed by atoms with van der Waals surface area (Å²) in [7, 11) is 0. The fourth-order valence-corrected chi connectivity index (χ4v) is 2.57. The second kappa shape index (κ2) is 6.07. The molecule has 0 fully saturated rings. The van der Waals surface area contributed by atoms with Crippen molar-refractivity contribution >= 4 is 40.5 Å².